The number of phenolic OH excluding ortho intramolecular Hbond substituents is 1. The van der Waals surface area contributed by atoms with Gasteiger partial charge in [0.25, 0.3) is 0 Å². The third-order valence-corrected chi connectivity index (χ3v) is 3.55. The van der Waals surface area contributed by atoms with Gasteiger partial charge >= 0.3 is 5.97 Å². The number of aliphatic hydroxyl groups is 3. The minimum absolute atomic E-state index is 0.0128. The van der Waals surface area contributed by atoms with Crippen LogP contribution in [0.4, 0.5) is 0 Å². The Morgan fingerprint density at radius 3 is 2.33 bits per heavy atom. The molecule has 0 spiro atoms. The number of hydrogen-bond acceptors (Lipinski definition) is 8. The highest BCUT2D eigenvalue weighted by Crippen LogP contribution is 2.24. The van der Waals surface area contributed by atoms with Crippen molar-refractivity contribution < 1.29 is 39.8 Å². The molecule has 0 saturated carbocycles. The van der Waals surface area contributed by atoms with Gasteiger partial charge in [-0.2, -0.15) is 0 Å². The second-order valence-corrected chi connectivity index (χ2v) is 5.27. The van der Waals surface area contributed by atoms with Crippen molar-refractivity contribution in [3.8, 4) is 5.75 Å². The lowest BCUT2D eigenvalue weighted by Crippen LogP contribution is -2.60. The van der Waals surface area contributed by atoms with E-state index in [2.05, 4.69) is 0 Å². The fraction of sp³-hybridized carbons (Fsp3) is 0.400. The van der Waals surface area contributed by atoms with Crippen LogP contribution in [0.2, 0.25) is 0 Å². The Balaban J connectivity index is 2.20. The van der Waals surface area contributed by atoms with E-state index in [1.807, 2.05) is 0 Å². The molecule has 132 valence electrons. The van der Waals surface area contributed by atoms with Gasteiger partial charge < -0.3 is 40.7 Å². The monoisotopic (exact) mass is 341 g/mol. The number of carboxylic acid groups (broad SMARTS) is 1. The molecule has 5 atom stereocenters. The summed E-state index contributed by atoms with van der Waals surface area (Å²) in [5.74, 6) is -1.97. The summed E-state index contributed by atoms with van der Waals surface area (Å²) < 4.78 is 10.4. The molecule has 1 heterocycles. The molecule has 1 aliphatic heterocycles. The van der Waals surface area contributed by atoms with Crippen molar-refractivity contribution in [3.05, 3.63) is 35.6 Å². The largest absolute Gasteiger partial charge is 0.508 e. The van der Waals surface area contributed by atoms with Gasteiger partial charge in [0.05, 0.1) is 0 Å². The molecule has 24 heavy (non-hydrogen) atoms. The van der Waals surface area contributed by atoms with E-state index < -0.39 is 42.4 Å². The summed E-state index contributed by atoms with van der Waals surface area (Å²) in [6.45, 7) is -0.158. The zero-order valence-corrected chi connectivity index (χ0v) is 12.5. The number of phenols is 1. The topological polar surface area (TPSA) is 163 Å². The Morgan fingerprint density at radius 2 is 1.79 bits per heavy atom. The molecule has 1 saturated heterocycles. The molecule has 1 aromatic rings. The first-order valence-corrected chi connectivity index (χ1v) is 7.14. The van der Waals surface area contributed by atoms with Gasteiger partial charge in [0.2, 0.25) is 12.0 Å². The molecule has 0 bridgehead atoms. The number of carbonyl (C=O) groups is 1. The molecule has 2 rings (SSSR count). The van der Waals surface area contributed by atoms with Gasteiger partial charge in [-0.25, -0.2) is 4.79 Å². The predicted octanol–water partition coefficient (Wildman–Crippen LogP) is -1.40. The third-order valence-electron chi connectivity index (χ3n) is 3.55. The van der Waals surface area contributed by atoms with Crippen molar-refractivity contribution in [2.75, 3.05) is 6.54 Å². The minimum Gasteiger partial charge on any atom is -0.508 e. The fourth-order valence-corrected chi connectivity index (χ4v) is 2.20. The third kappa shape index (κ3) is 4.02. The molecule has 7 N–H and O–H groups in total. The Morgan fingerprint density at radius 1 is 1.17 bits per heavy atom. The van der Waals surface area contributed by atoms with Crippen molar-refractivity contribution >= 4 is 12.0 Å². The first kappa shape index (κ1) is 18.2. The number of nitrogens with two attached hydrogens (primary N) is 1. The summed E-state index contributed by atoms with van der Waals surface area (Å²) in [5, 5.41) is 47.8. The number of ether oxygens (including phenoxy) is 2. The summed E-state index contributed by atoms with van der Waals surface area (Å²) in [5.41, 5.74) is 5.83. The molecule has 0 aromatic heterocycles. The van der Waals surface area contributed by atoms with E-state index in [9.17, 15) is 30.3 Å². The molecular weight excluding hydrogens is 322 g/mol. The van der Waals surface area contributed by atoms with Crippen LogP contribution in [0.1, 0.15) is 5.56 Å². The normalized spacial score (nSPS) is 30.8. The van der Waals surface area contributed by atoms with Crippen molar-refractivity contribution in [2.45, 2.75) is 30.7 Å². The lowest BCUT2D eigenvalue weighted by molar-refractivity contribution is -0.284. The molecule has 0 aliphatic carbocycles. The van der Waals surface area contributed by atoms with Crippen LogP contribution in [0.15, 0.2) is 30.0 Å². The smallest absolute Gasteiger partial charge is 0.371 e. The Kier molecular flexibility index (Phi) is 5.75. The Hall–Kier alpha value is -2.17. The van der Waals surface area contributed by atoms with Gasteiger partial charge in [-0.05, 0) is 23.8 Å². The molecule has 0 radical (unpaired) electrons. The number of aromatic hydroxyl groups is 1. The lowest BCUT2D eigenvalue weighted by atomic mass is 9.99. The average Bonchev–Trinajstić information content (AvgIpc) is 2.56. The van der Waals surface area contributed by atoms with Crippen LogP contribution in [0.25, 0.3) is 6.08 Å². The molecule has 1 aromatic carbocycles. The summed E-state index contributed by atoms with van der Waals surface area (Å²) in [7, 11) is 0. The van der Waals surface area contributed by atoms with Gasteiger partial charge in [-0.15, -0.1) is 0 Å². The van der Waals surface area contributed by atoms with Gasteiger partial charge in [0, 0.05) is 6.54 Å². The van der Waals surface area contributed by atoms with E-state index >= 15 is 0 Å². The number of rotatable bonds is 5. The maximum Gasteiger partial charge on any atom is 0.371 e. The summed E-state index contributed by atoms with van der Waals surface area (Å²) in [6, 6.07) is 5.64. The highest BCUT2D eigenvalue weighted by molar-refractivity contribution is 5.89. The van der Waals surface area contributed by atoms with Crippen LogP contribution < -0.4 is 5.73 Å². The lowest BCUT2D eigenvalue weighted by Gasteiger charge is -2.39. The van der Waals surface area contributed by atoms with Crippen molar-refractivity contribution in [1.29, 1.82) is 0 Å². The standard InChI is InChI=1S/C15H19NO8/c16-6-10-11(18)12(19)13(20)15(24-10)23-9(14(21)22)5-7-1-3-8(17)4-2-7/h1-5,10-13,15,17-20H,6,16H2,(H,21,22)/b9-5+/t10-,11+,12+,13-,15-/m1/s1. The number of benzene rings is 1. The second kappa shape index (κ2) is 7.60. The minimum atomic E-state index is -1.66. The quantitative estimate of drug-likeness (QED) is 0.279. The van der Waals surface area contributed by atoms with Crippen LogP contribution >= 0.6 is 0 Å². The van der Waals surface area contributed by atoms with E-state index in [4.69, 9.17) is 15.2 Å². The molecule has 1 fully saturated rings. The first-order chi connectivity index (χ1) is 11.3. The summed E-state index contributed by atoms with van der Waals surface area (Å²) in [4.78, 5) is 11.3. The molecule has 0 amide bonds. The van der Waals surface area contributed by atoms with Crippen molar-refractivity contribution in [1.82, 2.24) is 0 Å². The van der Waals surface area contributed by atoms with Crippen LogP contribution in [0.5, 0.6) is 5.75 Å². The Labute approximate surface area is 137 Å². The molecule has 0 unspecified atom stereocenters. The highest BCUT2D eigenvalue weighted by atomic mass is 16.7. The van der Waals surface area contributed by atoms with E-state index in [0.717, 1.165) is 6.08 Å². The SMILES string of the molecule is NC[C@H]1O[C@@H](O/C(=C/c2ccc(O)cc2)C(=O)O)[C@H](O)[C@@H](O)[C@H]1O. The molecule has 9 heteroatoms. The number of hydrogen-bond donors (Lipinski definition) is 6. The number of aliphatic carboxylic acids is 1. The van der Waals surface area contributed by atoms with Crippen LogP contribution in [0, 0.1) is 0 Å². The fourth-order valence-electron chi connectivity index (χ4n) is 2.20. The van der Waals surface area contributed by atoms with Crippen LogP contribution in [-0.4, -0.2) is 68.8 Å². The zero-order chi connectivity index (χ0) is 17.9. The van der Waals surface area contributed by atoms with Gasteiger partial charge in [0.15, 0.2) is 0 Å². The van der Waals surface area contributed by atoms with E-state index in [1.54, 1.807) is 0 Å². The predicted molar refractivity (Wildman–Crippen MR) is 80.5 cm³/mol. The number of carboxylic acids is 1. The van der Waals surface area contributed by atoms with Crippen molar-refractivity contribution in [2.24, 2.45) is 5.73 Å². The number of aliphatic hydroxyl groups excluding tert-OH is 3. The van der Waals surface area contributed by atoms with Crippen LogP contribution in [0.3, 0.4) is 0 Å². The van der Waals surface area contributed by atoms with Gasteiger partial charge in [-0.1, -0.05) is 12.1 Å². The molecule has 1 aliphatic rings. The Bertz CT molecular complexity index is 600. The van der Waals surface area contributed by atoms with Gasteiger partial charge in [0.1, 0.15) is 30.2 Å². The maximum atomic E-state index is 11.3. The van der Waals surface area contributed by atoms with Crippen molar-refractivity contribution in [3.63, 3.8) is 0 Å². The van der Waals surface area contributed by atoms with E-state index in [1.165, 1.54) is 24.3 Å². The maximum absolute atomic E-state index is 11.3. The zero-order valence-electron chi connectivity index (χ0n) is 12.5. The average molecular weight is 341 g/mol. The molecular formula is C15H19NO8. The summed E-state index contributed by atoms with van der Waals surface area (Å²) >= 11 is 0. The highest BCUT2D eigenvalue weighted by Gasteiger charge is 2.45. The van der Waals surface area contributed by atoms with E-state index in [0.29, 0.717) is 5.56 Å². The summed E-state index contributed by atoms with van der Waals surface area (Å²) in [6.07, 6.45) is -6.05. The van der Waals surface area contributed by atoms with E-state index in [-0.39, 0.29) is 12.3 Å². The van der Waals surface area contributed by atoms with Crippen LogP contribution in [-0.2, 0) is 14.3 Å². The van der Waals surface area contributed by atoms with Gasteiger partial charge in [-0.3, -0.25) is 0 Å². The molecule has 9 nitrogen and oxygen atoms in total. The first-order valence-electron chi connectivity index (χ1n) is 7.14. The second-order valence-electron chi connectivity index (χ2n) is 5.27.